The monoisotopic (exact) mass is 202 g/mol. The molecule has 82 valence electrons. The smallest absolute Gasteiger partial charge is 0.242 e. The number of rotatable bonds is 5. The van der Waals surface area contributed by atoms with Crippen LogP contribution >= 0.6 is 0 Å². The van der Waals surface area contributed by atoms with E-state index in [1.165, 1.54) is 4.90 Å². The van der Waals surface area contributed by atoms with Gasteiger partial charge < -0.3 is 20.8 Å². The lowest BCUT2D eigenvalue weighted by atomic mass is 9.76. The lowest BCUT2D eigenvalue weighted by Crippen LogP contribution is -2.60. The number of aliphatic hydroxyl groups is 2. The molecular formula is C9H18N2O3. The van der Waals surface area contributed by atoms with E-state index < -0.39 is 5.54 Å². The minimum atomic E-state index is -0.732. The van der Waals surface area contributed by atoms with Gasteiger partial charge in [0.1, 0.15) is 0 Å². The summed E-state index contributed by atoms with van der Waals surface area (Å²) in [6, 6.07) is 0. The Hall–Kier alpha value is -0.650. The Morgan fingerprint density at radius 3 is 2.07 bits per heavy atom. The van der Waals surface area contributed by atoms with Crippen molar-refractivity contribution in [3.8, 4) is 0 Å². The van der Waals surface area contributed by atoms with Gasteiger partial charge in [0.05, 0.1) is 18.8 Å². The summed E-state index contributed by atoms with van der Waals surface area (Å²) in [5.74, 6) is -0.146. The van der Waals surface area contributed by atoms with Crippen molar-refractivity contribution in [2.75, 3.05) is 26.3 Å². The van der Waals surface area contributed by atoms with Gasteiger partial charge in [0, 0.05) is 13.1 Å². The van der Waals surface area contributed by atoms with E-state index in [9.17, 15) is 4.79 Å². The van der Waals surface area contributed by atoms with Crippen LogP contribution in [-0.4, -0.2) is 52.9 Å². The highest BCUT2D eigenvalue weighted by Crippen LogP contribution is 2.30. The first kappa shape index (κ1) is 11.4. The van der Waals surface area contributed by atoms with Crippen molar-refractivity contribution in [3.63, 3.8) is 0 Å². The van der Waals surface area contributed by atoms with E-state index in [1.54, 1.807) is 0 Å². The molecule has 14 heavy (non-hydrogen) atoms. The molecule has 0 saturated heterocycles. The van der Waals surface area contributed by atoms with Crippen LogP contribution in [0.15, 0.2) is 0 Å². The summed E-state index contributed by atoms with van der Waals surface area (Å²) in [7, 11) is 0. The molecule has 0 radical (unpaired) electrons. The van der Waals surface area contributed by atoms with Crippen molar-refractivity contribution in [3.05, 3.63) is 0 Å². The van der Waals surface area contributed by atoms with Crippen LogP contribution in [0, 0.1) is 0 Å². The van der Waals surface area contributed by atoms with Crippen LogP contribution in [0.5, 0.6) is 0 Å². The zero-order valence-corrected chi connectivity index (χ0v) is 8.28. The maximum absolute atomic E-state index is 11.8. The molecule has 5 heteroatoms. The molecule has 1 aliphatic carbocycles. The van der Waals surface area contributed by atoms with Crippen LogP contribution in [-0.2, 0) is 4.79 Å². The van der Waals surface area contributed by atoms with Gasteiger partial charge in [-0.15, -0.1) is 0 Å². The van der Waals surface area contributed by atoms with Crippen molar-refractivity contribution >= 4 is 5.91 Å². The molecule has 0 aromatic carbocycles. The molecule has 0 spiro atoms. The largest absolute Gasteiger partial charge is 0.395 e. The van der Waals surface area contributed by atoms with Crippen LogP contribution in [0.4, 0.5) is 0 Å². The zero-order chi connectivity index (χ0) is 10.6. The van der Waals surface area contributed by atoms with Gasteiger partial charge in [0.15, 0.2) is 0 Å². The fourth-order valence-corrected chi connectivity index (χ4v) is 1.64. The fraction of sp³-hybridized carbons (Fsp3) is 0.889. The van der Waals surface area contributed by atoms with Crippen LogP contribution in [0.25, 0.3) is 0 Å². The highest BCUT2D eigenvalue weighted by molar-refractivity contribution is 5.87. The molecule has 0 aliphatic heterocycles. The van der Waals surface area contributed by atoms with E-state index in [4.69, 9.17) is 15.9 Å². The quantitative estimate of drug-likeness (QED) is 0.516. The fourth-order valence-electron chi connectivity index (χ4n) is 1.64. The Balaban J connectivity index is 2.53. The number of amides is 1. The van der Waals surface area contributed by atoms with Gasteiger partial charge in [-0.1, -0.05) is 0 Å². The molecule has 1 saturated carbocycles. The molecule has 1 rings (SSSR count). The van der Waals surface area contributed by atoms with Gasteiger partial charge in [0.2, 0.25) is 5.91 Å². The summed E-state index contributed by atoms with van der Waals surface area (Å²) < 4.78 is 0. The molecule has 0 aromatic heterocycles. The van der Waals surface area contributed by atoms with Crippen molar-refractivity contribution in [1.29, 1.82) is 0 Å². The molecule has 1 amide bonds. The minimum Gasteiger partial charge on any atom is -0.395 e. The van der Waals surface area contributed by atoms with Crippen molar-refractivity contribution in [1.82, 2.24) is 4.90 Å². The summed E-state index contributed by atoms with van der Waals surface area (Å²) >= 11 is 0. The number of hydrogen-bond donors (Lipinski definition) is 3. The maximum atomic E-state index is 11.8. The van der Waals surface area contributed by atoms with Crippen LogP contribution in [0.1, 0.15) is 19.3 Å². The van der Waals surface area contributed by atoms with E-state index in [0.29, 0.717) is 12.8 Å². The van der Waals surface area contributed by atoms with Crippen LogP contribution in [0.3, 0.4) is 0 Å². The van der Waals surface area contributed by atoms with Crippen molar-refractivity contribution < 1.29 is 15.0 Å². The molecule has 4 N–H and O–H groups in total. The topological polar surface area (TPSA) is 86.8 Å². The summed E-state index contributed by atoms with van der Waals surface area (Å²) in [5.41, 5.74) is 5.12. The Kier molecular flexibility index (Phi) is 3.86. The number of nitrogens with two attached hydrogens (primary N) is 1. The second-order valence-corrected chi connectivity index (χ2v) is 3.75. The zero-order valence-electron chi connectivity index (χ0n) is 8.28. The Labute approximate surface area is 83.5 Å². The first-order valence-corrected chi connectivity index (χ1v) is 4.94. The molecule has 0 aromatic rings. The van der Waals surface area contributed by atoms with Gasteiger partial charge in [-0.3, -0.25) is 4.79 Å². The molecule has 0 atom stereocenters. The molecule has 0 heterocycles. The second kappa shape index (κ2) is 4.72. The molecule has 0 bridgehead atoms. The van der Waals surface area contributed by atoms with Gasteiger partial charge >= 0.3 is 0 Å². The van der Waals surface area contributed by atoms with E-state index in [1.807, 2.05) is 0 Å². The van der Waals surface area contributed by atoms with E-state index in [0.717, 1.165) is 6.42 Å². The standard InChI is InChI=1S/C9H18N2O3/c10-9(2-1-3-9)8(14)11(4-6-12)5-7-13/h12-13H,1-7,10H2. The lowest BCUT2D eigenvalue weighted by Gasteiger charge is -2.40. The van der Waals surface area contributed by atoms with Crippen molar-refractivity contribution in [2.45, 2.75) is 24.8 Å². The van der Waals surface area contributed by atoms with E-state index in [-0.39, 0.29) is 32.2 Å². The average molecular weight is 202 g/mol. The molecule has 1 fully saturated rings. The van der Waals surface area contributed by atoms with Gasteiger partial charge in [-0.05, 0) is 19.3 Å². The highest BCUT2D eigenvalue weighted by atomic mass is 16.3. The maximum Gasteiger partial charge on any atom is 0.242 e. The highest BCUT2D eigenvalue weighted by Gasteiger charge is 2.42. The van der Waals surface area contributed by atoms with Gasteiger partial charge in [-0.25, -0.2) is 0 Å². The summed E-state index contributed by atoms with van der Waals surface area (Å²) in [4.78, 5) is 13.2. The second-order valence-electron chi connectivity index (χ2n) is 3.75. The van der Waals surface area contributed by atoms with Crippen LogP contribution in [0.2, 0.25) is 0 Å². The third-order valence-electron chi connectivity index (χ3n) is 2.70. The summed E-state index contributed by atoms with van der Waals surface area (Å²) in [6.45, 7) is 0.306. The predicted octanol–water partition coefficient (Wildman–Crippen LogP) is -1.32. The Bertz CT molecular complexity index is 198. The SMILES string of the molecule is NC1(C(=O)N(CCO)CCO)CCC1. The number of nitrogens with zero attached hydrogens (tertiary/aromatic N) is 1. The third kappa shape index (κ3) is 2.23. The number of carbonyl (C=O) groups is 1. The first-order chi connectivity index (χ1) is 6.64. The van der Waals surface area contributed by atoms with E-state index >= 15 is 0 Å². The van der Waals surface area contributed by atoms with E-state index in [2.05, 4.69) is 0 Å². The molecule has 1 aliphatic rings. The third-order valence-corrected chi connectivity index (χ3v) is 2.70. The number of aliphatic hydroxyl groups excluding tert-OH is 2. The number of hydrogen-bond acceptors (Lipinski definition) is 4. The molecular weight excluding hydrogens is 184 g/mol. The van der Waals surface area contributed by atoms with Crippen molar-refractivity contribution in [2.24, 2.45) is 5.73 Å². The summed E-state index contributed by atoms with van der Waals surface area (Å²) in [5, 5.41) is 17.5. The average Bonchev–Trinajstić information content (AvgIpc) is 2.13. The van der Waals surface area contributed by atoms with Gasteiger partial charge in [-0.2, -0.15) is 0 Å². The predicted molar refractivity (Wildman–Crippen MR) is 51.5 cm³/mol. The first-order valence-electron chi connectivity index (χ1n) is 4.94. The molecule has 0 unspecified atom stereocenters. The molecule has 5 nitrogen and oxygen atoms in total. The number of carbonyl (C=O) groups excluding carboxylic acids is 1. The lowest BCUT2D eigenvalue weighted by molar-refractivity contribution is -0.141. The Morgan fingerprint density at radius 2 is 1.79 bits per heavy atom. The van der Waals surface area contributed by atoms with Gasteiger partial charge in [0.25, 0.3) is 0 Å². The van der Waals surface area contributed by atoms with Crippen LogP contribution < -0.4 is 5.73 Å². The Morgan fingerprint density at radius 1 is 1.29 bits per heavy atom. The normalized spacial score (nSPS) is 18.8. The summed E-state index contributed by atoms with van der Waals surface area (Å²) in [6.07, 6.45) is 2.40. The minimum absolute atomic E-state index is 0.0954.